The highest BCUT2D eigenvalue weighted by atomic mass is 79.9. The molecule has 2 unspecified atom stereocenters. The lowest BCUT2D eigenvalue weighted by Gasteiger charge is -2.26. The average molecular weight is 432 g/mol. The van der Waals surface area contributed by atoms with Crippen molar-refractivity contribution in [3.63, 3.8) is 0 Å². The van der Waals surface area contributed by atoms with Gasteiger partial charge in [0, 0.05) is 28.8 Å². The molecule has 1 nitrogen and oxygen atoms in total. The second-order valence-corrected chi connectivity index (χ2v) is 9.30. The van der Waals surface area contributed by atoms with Crippen molar-refractivity contribution in [3.05, 3.63) is 97.4 Å². The highest BCUT2D eigenvalue weighted by molar-refractivity contribution is 9.11. The maximum atomic E-state index is 3.98. The standard InChI is InChI=1S/C26H26BrN/c1-15-13-23-22(14-24-25(26(23)27)16(2)17(3)28(24)4)20(15)12-11-19-10-9-18-7-5-6-8-21(18)19/h5-10,13-14,19,25H,11-12H2,1-4H3. The lowest BCUT2D eigenvalue weighted by Crippen LogP contribution is -2.17. The van der Waals surface area contributed by atoms with Gasteiger partial charge >= 0.3 is 0 Å². The number of rotatable bonds is 3. The molecule has 1 aromatic rings. The predicted molar refractivity (Wildman–Crippen MR) is 122 cm³/mol. The zero-order valence-electron chi connectivity index (χ0n) is 17.0. The van der Waals surface area contributed by atoms with Crippen molar-refractivity contribution in [2.24, 2.45) is 5.92 Å². The monoisotopic (exact) mass is 431 g/mol. The molecule has 0 amide bonds. The van der Waals surface area contributed by atoms with Gasteiger partial charge < -0.3 is 4.90 Å². The molecule has 142 valence electrons. The van der Waals surface area contributed by atoms with Gasteiger partial charge in [0.25, 0.3) is 0 Å². The third kappa shape index (κ3) is 2.50. The van der Waals surface area contributed by atoms with Gasteiger partial charge in [0.05, 0.1) is 5.92 Å². The fourth-order valence-corrected chi connectivity index (χ4v) is 6.12. The Morgan fingerprint density at radius 2 is 1.82 bits per heavy atom. The topological polar surface area (TPSA) is 3.24 Å². The summed E-state index contributed by atoms with van der Waals surface area (Å²) in [7, 11) is 2.20. The molecule has 4 aliphatic rings. The molecule has 0 spiro atoms. The van der Waals surface area contributed by atoms with Crippen LogP contribution in [0.25, 0.3) is 6.08 Å². The molecule has 0 bridgehead atoms. The highest BCUT2D eigenvalue weighted by Crippen LogP contribution is 2.51. The van der Waals surface area contributed by atoms with Gasteiger partial charge in [-0.15, -0.1) is 0 Å². The van der Waals surface area contributed by atoms with Crippen molar-refractivity contribution in [2.75, 3.05) is 7.05 Å². The second kappa shape index (κ2) is 6.49. The van der Waals surface area contributed by atoms with Crippen LogP contribution in [0.1, 0.15) is 50.7 Å². The average Bonchev–Trinajstić information content (AvgIpc) is 3.31. The Balaban J connectivity index is 1.48. The van der Waals surface area contributed by atoms with Gasteiger partial charge in [-0.3, -0.25) is 0 Å². The second-order valence-electron chi connectivity index (χ2n) is 8.44. The van der Waals surface area contributed by atoms with Gasteiger partial charge in [-0.2, -0.15) is 0 Å². The minimum Gasteiger partial charge on any atom is -0.351 e. The highest BCUT2D eigenvalue weighted by Gasteiger charge is 2.38. The van der Waals surface area contributed by atoms with Gasteiger partial charge in [-0.25, -0.2) is 0 Å². The van der Waals surface area contributed by atoms with E-state index in [1.54, 1.807) is 0 Å². The molecule has 28 heavy (non-hydrogen) atoms. The minimum absolute atomic E-state index is 0.386. The summed E-state index contributed by atoms with van der Waals surface area (Å²) in [4.78, 5) is 2.37. The fourth-order valence-electron chi connectivity index (χ4n) is 5.21. The molecule has 1 heterocycles. The van der Waals surface area contributed by atoms with E-state index in [4.69, 9.17) is 0 Å². The van der Waals surface area contributed by atoms with Gasteiger partial charge in [0.15, 0.2) is 0 Å². The molecule has 2 atom stereocenters. The Kier molecular flexibility index (Phi) is 4.17. The van der Waals surface area contributed by atoms with Gasteiger partial charge in [-0.05, 0) is 78.7 Å². The first kappa shape index (κ1) is 18.0. The summed E-state index contributed by atoms with van der Waals surface area (Å²) >= 11 is 3.98. The number of benzene rings is 1. The summed E-state index contributed by atoms with van der Waals surface area (Å²) in [5, 5.41) is 0. The molecular weight excluding hydrogens is 406 g/mol. The first-order valence-corrected chi connectivity index (χ1v) is 11.0. The lowest BCUT2D eigenvalue weighted by atomic mass is 9.86. The zero-order chi connectivity index (χ0) is 19.6. The smallest absolute Gasteiger partial charge is 0.0541 e. The van der Waals surface area contributed by atoms with E-state index in [1.807, 2.05) is 0 Å². The van der Waals surface area contributed by atoms with Crippen molar-refractivity contribution in [3.8, 4) is 0 Å². The number of fused-ring (bicyclic) bond motifs is 3. The summed E-state index contributed by atoms with van der Waals surface area (Å²) in [6.07, 6.45) is 11.8. The zero-order valence-corrected chi connectivity index (χ0v) is 18.6. The van der Waals surface area contributed by atoms with Crippen LogP contribution in [0.2, 0.25) is 0 Å². The molecule has 1 aromatic carbocycles. The lowest BCUT2D eigenvalue weighted by molar-refractivity contribution is 0.521. The van der Waals surface area contributed by atoms with Crippen LogP contribution in [0.15, 0.2) is 86.2 Å². The van der Waals surface area contributed by atoms with E-state index in [0.29, 0.717) is 11.8 Å². The Morgan fingerprint density at radius 3 is 2.64 bits per heavy atom. The number of halogens is 1. The van der Waals surface area contributed by atoms with Crippen molar-refractivity contribution in [1.82, 2.24) is 4.90 Å². The molecule has 5 rings (SSSR count). The van der Waals surface area contributed by atoms with Crippen LogP contribution in [0.3, 0.4) is 0 Å². The van der Waals surface area contributed by atoms with Crippen LogP contribution < -0.4 is 0 Å². The molecule has 0 saturated carbocycles. The van der Waals surface area contributed by atoms with Crippen LogP contribution >= 0.6 is 15.9 Å². The Morgan fingerprint density at radius 1 is 1.04 bits per heavy atom. The molecule has 0 aromatic heterocycles. The first-order valence-electron chi connectivity index (χ1n) is 10.2. The Hall–Kier alpha value is -2.06. The van der Waals surface area contributed by atoms with E-state index in [-0.39, 0.29) is 0 Å². The van der Waals surface area contributed by atoms with E-state index in [2.05, 4.69) is 97.2 Å². The maximum Gasteiger partial charge on any atom is 0.0541 e. The number of nitrogens with zero attached hydrogens (tertiary/aromatic N) is 1. The van der Waals surface area contributed by atoms with Crippen molar-refractivity contribution < 1.29 is 0 Å². The van der Waals surface area contributed by atoms with Crippen molar-refractivity contribution >= 4 is 22.0 Å². The van der Waals surface area contributed by atoms with Crippen molar-refractivity contribution in [2.45, 2.75) is 39.5 Å². The molecule has 0 fully saturated rings. The predicted octanol–water partition coefficient (Wildman–Crippen LogP) is 7.24. The molecule has 0 saturated heterocycles. The summed E-state index contributed by atoms with van der Waals surface area (Å²) in [6.45, 7) is 6.78. The van der Waals surface area contributed by atoms with Gasteiger partial charge in [0.1, 0.15) is 0 Å². The van der Waals surface area contributed by atoms with Gasteiger partial charge in [0.2, 0.25) is 0 Å². The fraction of sp³-hybridized carbons (Fsp3) is 0.308. The summed E-state index contributed by atoms with van der Waals surface area (Å²) < 4.78 is 1.33. The molecule has 1 aliphatic heterocycles. The number of allylic oxidation sites excluding steroid dienone is 9. The number of hydrogen-bond donors (Lipinski definition) is 0. The largest absolute Gasteiger partial charge is 0.351 e. The van der Waals surface area contributed by atoms with E-state index in [9.17, 15) is 0 Å². The van der Waals surface area contributed by atoms with Crippen molar-refractivity contribution in [1.29, 1.82) is 0 Å². The maximum absolute atomic E-state index is 3.98. The third-order valence-electron chi connectivity index (χ3n) is 7.05. The van der Waals surface area contributed by atoms with Crippen LogP contribution in [0.5, 0.6) is 0 Å². The summed E-state index contributed by atoms with van der Waals surface area (Å²) in [5.41, 5.74) is 12.9. The molecule has 3 aliphatic carbocycles. The third-order valence-corrected chi connectivity index (χ3v) is 7.94. The van der Waals surface area contributed by atoms with Crippen LogP contribution in [0.4, 0.5) is 0 Å². The molecule has 2 heteroatoms. The SMILES string of the molecule is CC1=CC2=C(Br)C3C(=CC2=C1CCC1C=Cc2ccccc21)N(C)C(C)=C3C. The van der Waals surface area contributed by atoms with Crippen LogP contribution in [-0.4, -0.2) is 11.9 Å². The molecular formula is C26H26BrN. The molecule has 0 N–H and O–H groups in total. The van der Waals surface area contributed by atoms with Crippen LogP contribution in [0, 0.1) is 5.92 Å². The summed E-state index contributed by atoms with van der Waals surface area (Å²) in [6, 6.07) is 8.81. The Labute approximate surface area is 176 Å². The minimum atomic E-state index is 0.386. The normalized spacial score (nSPS) is 25.4. The van der Waals surface area contributed by atoms with Crippen LogP contribution in [-0.2, 0) is 0 Å². The summed E-state index contributed by atoms with van der Waals surface area (Å²) in [5.74, 6) is 0.926. The quantitative estimate of drug-likeness (QED) is 0.487. The van der Waals surface area contributed by atoms with E-state index < -0.39 is 0 Å². The molecule has 0 radical (unpaired) electrons. The first-order chi connectivity index (χ1) is 13.5. The van der Waals surface area contributed by atoms with Gasteiger partial charge in [-0.1, -0.05) is 58.4 Å². The van der Waals surface area contributed by atoms with E-state index in [0.717, 1.165) is 6.42 Å². The number of hydrogen-bond acceptors (Lipinski definition) is 1. The van der Waals surface area contributed by atoms with E-state index in [1.165, 1.54) is 61.3 Å². The van der Waals surface area contributed by atoms with E-state index >= 15 is 0 Å². The Bertz CT molecular complexity index is 1070.